The molecule has 2 rings (SSSR count). The topological polar surface area (TPSA) is 25.2 Å². The molecule has 0 aromatic carbocycles. The van der Waals surface area contributed by atoms with Crippen LogP contribution in [0, 0.1) is 0 Å². The van der Waals surface area contributed by atoms with Crippen molar-refractivity contribution in [3.8, 4) is 0 Å². The third-order valence-corrected chi connectivity index (χ3v) is 3.00. The summed E-state index contributed by atoms with van der Waals surface area (Å²) in [5, 5.41) is 11.9. The van der Waals surface area contributed by atoms with E-state index < -0.39 is 6.10 Å². The summed E-state index contributed by atoms with van der Waals surface area (Å²) < 4.78 is 1.93. The van der Waals surface area contributed by atoms with Gasteiger partial charge in [-0.15, -0.1) is 11.3 Å². The van der Waals surface area contributed by atoms with Crippen LogP contribution in [0.5, 0.6) is 0 Å². The zero-order valence-electron chi connectivity index (χ0n) is 7.34. The van der Waals surface area contributed by atoms with Gasteiger partial charge in [-0.2, -0.15) is 0 Å². The molecule has 0 aliphatic heterocycles. The van der Waals surface area contributed by atoms with Crippen LogP contribution in [0.4, 0.5) is 0 Å². The van der Waals surface area contributed by atoms with Gasteiger partial charge in [-0.05, 0) is 23.6 Å². The number of nitrogens with zero attached hydrogens (tertiary/aromatic N) is 1. The second-order valence-corrected chi connectivity index (χ2v) is 3.94. The lowest BCUT2D eigenvalue weighted by Gasteiger charge is -2.09. The maximum absolute atomic E-state index is 9.94. The van der Waals surface area contributed by atoms with E-state index in [9.17, 15) is 5.11 Å². The van der Waals surface area contributed by atoms with Crippen LogP contribution >= 0.6 is 11.3 Å². The number of thiophene rings is 1. The predicted molar refractivity (Wildman–Crippen MR) is 53.8 cm³/mol. The van der Waals surface area contributed by atoms with Crippen LogP contribution in [0.1, 0.15) is 16.7 Å². The molecule has 0 unspecified atom stereocenters. The number of aliphatic hydroxyl groups excluding tert-OH is 1. The van der Waals surface area contributed by atoms with Crippen LogP contribution in [0.25, 0.3) is 0 Å². The van der Waals surface area contributed by atoms with Gasteiger partial charge in [-0.3, -0.25) is 0 Å². The fourth-order valence-corrected chi connectivity index (χ4v) is 2.07. The quantitative estimate of drug-likeness (QED) is 0.777. The maximum atomic E-state index is 9.94. The van der Waals surface area contributed by atoms with E-state index in [1.165, 1.54) is 0 Å². The van der Waals surface area contributed by atoms with Crippen LogP contribution in [0.3, 0.4) is 0 Å². The maximum Gasteiger partial charge on any atom is 0.128 e. The molecule has 0 amide bonds. The highest BCUT2D eigenvalue weighted by molar-refractivity contribution is 7.10. The van der Waals surface area contributed by atoms with Crippen LogP contribution in [-0.2, 0) is 7.05 Å². The molecule has 1 N–H and O–H groups in total. The largest absolute Gasteiger partial charge is 0.381 e. The average molecular weight is 193 g/mol. The Kier molecular flexibility index (Phi) is 2.20. The van der Waals surface area contributed by atoms with Gasteiger partial charge in [0.25, 0.3) is 0 Å². The summed E-state index contributed by atoms with van der Waals surface area (Å²) in [6.45, 7) is 0. The standard InChI is InChI=1S/C10H11NOS/c1-11-6-2-4-8(11)10(12)9-5-3-7-13-9/h2-7,10,12H,1H3/t10-/m1/s1. The van der Waals surface area contributed by atoms with Gasteiger partial charge < -0.3 is 9.67 Å². The Balaban J connectivity index is 2.33. The van der Waals surface area contributed by atoms with E-state index in [0.29, 0.717) is 0 Å². The van der Waals surface area contributed by atoms with Crippen LogP contribution in [0.2, 0.25) is 0 Å². The Labute approximate surface area is 81.1 Å². The Bertz CT molecular complexity index is 377. The molecule has 2 aromatic rings. The highest BCUT2D eigenvalue weighted by Gasteiger charge is 2.13. The van der Waals surface area contributed by atoms with E-state index in [4.69, 9.17) is 0 Å². The van der Waals surface area contributed by atoms with Crippen molar-refractivity contribution in [3.63, 3.8) is 0 Å². The predicted octanol–water partition coefficient (Wildman–Crippen LogP) is 2.17. The highest BCUT2D eigenvalue weighted by atomic mass is 32.1. The third-order valence-electron chi connectivity index (χ3n) is 2.08. The number of aromatic nitrogens is 1. The number of aryl methyl sites for hydroxylation is 1. The van der Waals surface area contributed by atoms with Gasteiger partial charge in [0.2, 0.25) is 0 Å². The normalized spacial score (nSPS) is 13.1. The number of rotatable bonds is 2. The van der Waals surface area contributed by atoms with E-state index in [2.05, 4.69) is 0 Å². The fraction of sp³-hybridized carbons (Fsp3) is 0.200. The van der Waals surface area contributed by atoms with E-state index in [-0.39, 0.29) is 0 Å². The minimum absolute atomic E-state index is 0.486. The van der Waals surface area contributed by atoms with E-state index in [1.807, 2.05) is 47.5 Å². The first-order valence-electron chi connectivity index (χ1n) is 4.12. The Morgan fingerprint density at radius 3 is 2.77 bits per heavy atom. The molecule has 0 aliphatic rings. The number of hydrogen-bond donors (Lipinski definition) is 1. The van der Waals surface area contributed by atoms with Gasteiger partial charge in [0.15, 0.2) is 0 Å². The van der Waals surface area contributed by atoms with Crippen molar-refractivity contribution in [3.05, 3.63) is 46.4 Å². The molecule has 0 spiro atoms. The summed E-state index contributed by atoms with van der Waals surface area (Å²) in [5.41, 5.74) is 0.933. The molecular weight excluding hydrogens is 182 g/mol. The van der Waals surface area contributed by atoms with E-state index in [0.717, 1.165) is 10.6 Å². The SMILES string of the molecule is Cn1cccc1[C@@H](O)c1cccs1. The number of aliphatic hydroxyl groups is 1. The molecule has 2 heterocycles. The first kappa shape index (κ1) is 8.53. The lowest BCUT2D eigenvalue weighted by molar-refractivity contribution is 0.215. The first-order chi connectivity index (χ1) is 6.29. The molecule has 2 nitrogen and oxygen atoms in total. The molecular formula is C10H11NOS. The summed E-state index contributed by atoms with van der Waals surface area (Å²) in [4.78, 5) is 0.988. The molecule has 0 bridgehead atoms. The minimum Gasteiger partial charge on any atom is -0.381 e. The molecule has 0 fully saturated rings. The molecule has 3 heteroatoms. The summed E-state index contributed by atoms with van der Waals surface area (Å²) in [6.07, 6.45) is 1.45. The van der Waals surface area contributed by atoms with Crippen LogP contribution < -0.4 is 0 Å². The van der Waals surface area contributed by atoms with Crippen molar-refractivity contribution in [1.29, 1.82) is 0 Å². The molecule has 2 aromatic heterocycles. The average Bonchev–Trinajstić information content (AvgIpc) is 2.72. The van der Waals surface area contributed by atoms with Crippen molar-refractivity contribution >= 4 is 11.3 Å². The lowest BCUT2D eigenvalue weighted by atomic mass is 10.2. The zero-order chi connectivity index (χ0) is 9.26. The molecule has 0 radical (unpaired) electrons. The van der Waals surface area contributed by atoms with Crippen LogP contribution in [0.15, 0.2) is 35.8 Å². The minimum atomic E-state index is -0.486. The molecule has 0 saturated carbocycles. The van der Waals surface area contributed by atoms with Crippen molar-refractivity contribution < 1.29 is 5.11 Å². The fourth-order valence-electron chi connectivity index (χ4n) is 1.35. The molecule has 13 heavy (non-hydrogen) atoms. The third kappa shape index (κ3) is 1.53. The second-order valence-electron chi connectivity index (χ2n) is 2.96. The van der Waals surface area contributed by atoms with Gasteiger partial charge >= 0.3 is 0 Å². The van der Waals surface area contributed by atoms with Gasteiger partial charge in [0.05, 0.1) is 5.69 Å². The monoisotopic (exact) mass is 193 g/mol. The molecule has 0 saturated heterocycles. The Morgan fingerprint density at radius 2 is 2.23 bits per heavy atom. The summed E-state index contributed by atoms with van der Waals surface area (Å²) in [7, 11) is 1.94. The summed E-state index contributed by atoms with van der Waals surface area (Å²) >= 11 is 1.57. The Hall–Kier alpha value is -1.06. The summed E-state index contributed by atoms with van der Waals surface area (Å²) in [5.74, 6) is 0. The van der Waals surface area contributed by atoms with Gasteiger partial charge in [0, 0.05) is 18.1 Å². The molecule has 0 aliphatic carbocycles. The first-order valence-corrected chi connectivity index (χ1v) is 4.99. The van der Waals surface area contributed by atoms with Crippen LogP contribution in [-0.4, -0.2) is 9.67 Å². The zero-order valence-corrected chi connectivity index (χ0v) is 8.16. The highest BCUT2D eigenvalue weighted by Crippen LogP contribution is 2.25. The van der Waals surface area contributed by atoms with Gasteiger partial charge in [0.1, 0.15) is 6.10 Å². The van der Waals surface area contributed by atoms with Gasteiger partial charge in [-0.25, -0.2) is 0 Å². The molecule has 1 atom stereocenters. The summed E-state index contributed by atoms with van der Waals surface area (Å²) in [6, 6.07) is 7.77. The van der Waals surface area contributed by atoms with Crippen molar-refractivity contribution in [2.75, 3.05) is 0 Å². The number of hydrogen-bond acceptors (Lipinski definition) is 2. The van der Waals surface area contributed by atoms with Gasteiger partial charge in [-0.1, -0.05) is 6.07 Å². The molecule has 68 valence electrons. The van der Waals surface area contributed by atoms with Crippen molar-refractivity contribution in [1.82, 2.24) is 4.57 Å². The van der Waals surface area contributed by atoms with Crippen molar-refractivity contribution in [2.24, 2.45) is 7.05 Å². The van der Waals surface area contributed by atoms with E-state index >= 15 is 0 Å². The Morgan fingerprint density at radius 1 is 1.38 bits per heavy atom. The lowest BCUT2D eigenvalue weighted by Crippen LogP contribution is -2.02. The second kappa shape index (κ2) is 3.36. The van der Waals surface area contributed by atoms with E-state index in [1.54, 1.807) is 11.3 Å². The smallest absolute Gasteiger partial charge is 0.128 e. The van der Waals surface area contributed by atoms with Crippen molar-refractivity contribution in [2.45, 2.75) is 6.10 Å².